The van der Waals surface area contributed by atoms with Crippen LogP contribution in [0.15, 0.2) is 41.5 Å². The standard InChI is InChI=1S/C23H28FN5O2/c1-27-10-12-29(13-11-27)25-16-18-14-17(15-21(24)22(18)30)23(31)26-19-4-6-20(7-5-19)28-8-2-3-9-28/h4-7,14-16,30H,2-3,8-13H2,1H3,(H,26,31). The van der Waals surface area contributed by atoms with Crippen LogP contribution >= 0.6 is 0 Å². The first-order valence-electron chi connectivity index (χ1n) is 10.7. The zero-order chi connectivity index (χ0) is 21.8. The van der Waals surface area contributed by atoms with Crippen LogP contribution in [0.3, 0.4) is 0 Å². The zero-order valence-electron chi connectivity index (χ0n) is 17.7. The first kappa shape index (κ1) is 21.1. The molecule has 2 aromatic rings. The Hall–Kier alpha value is -3.13. The number of piperazine rings is 1. The predicted octanol–water partition coefficient (Wildman–Crippen LogP) is 2.97. The number of carbonyl (C=O) groups excluding carboxylic acids is 1. The second kappa shape index (κ2) is 9.34. The number of phenolic OH excluding ortho intramolecular Hbond substituents is 1. The number of hydrogen-bond acceptors (Lipinski definition) is 6. The average Bonchev–Trinajstić information content (AvgIpc) is 3.31. The molecule has 164 valence electrons. The number of hydrazone groups is 1. The van der Waals surface area contributed by atoms with Crippen LogP contribution in [0, 0.1) is 5.82 Å². The van der Waals surface area contributed by atoms with E-state index in [9.17, 15) is 14.3 Å². The minimum atomic E-state index is -0.850. The lowest BCUT2D eigenvalue weighted by molar-refractivity contribution is 0.102. The summed E-state index contributed by atoms with van der Waals surface area (Å²) in [4.78, 5) is 17.2. The number of amides is 1. The second-order valence-corrected chi connectivity index (χ2v) is 8.09. The number of nitrogens with one attached hydrogen (secondary N) is 1. The normalized spacial score (nSPS) is 17.5. The summed E-state index contributed by atoms with van der Waals surface area (Å²) in [5.41, 5.74) is 2.06. The molecular formula is C23H28FN5O2. The van der Waals surface area contributed by atoms with Crippen molar-refractivity contribution in [3.05, 3.63) is 53.3 Å². The highest BCUT2D eigenvalue weighted by Crippen LogP contribution is 2.24. The van der Waals surface area contributed by atoms with Crippen molar-refractivity contribution in [2.24, 2.45) is 5.10 Å². The van der Waals surface area contributed by atoms with Gasteiger partial charge in [-0.1, -0.05) is 0 Å². The Morgan fingerprint density at radius 1 is 1.06 bits per heavy atom. The number of nitrogens with zero attached hydrogens (tertiary/aromatic N) is 4. The molecule has 0 saturated carbocycles. The smallest absolute Gasteiger partial charge is 0.255 e. The number of rotatable bonds is 5. The molecule has 0 atom stereocenters. The van der Waals surface area contributed by atoms with Crippen molar-refractivity contribution in [2.45, 2.75) is 12.8 Å². The number of carbonyl (C=O) groups is 1. The SMILES string of the molecule is CN1CCN(N=Cc2cc(C(=O)Nc3ccc(N4CCCC4)cc3)cc(F)c2O)CC1. The molecule has 2 aromatic carbocycles. The third-order valence-corrected chi connectivity index (χ3v) is 5.79. The van der Waals surface area contributed by atoms with Crippen molar-refractivity contribution in [3.63, 3.8) is 0 Å². The van der Waals surface area contributed by atoms with Crippen molar-refractivity contribution in [1.29, 1.82) is 0 Å². The van der Waals surface area contributed by atoms with Crippen molar-refractivity contribution >= 4 is 23.5 Å². The van der Waals surface area contributed by atoms with Gasteiger partial charge in [0.15, 0.2) is 11.6 Å². The predicted molar refractivity (Wildman–Crippen MR) is 121 cm³/mol. The van der Waals surface area contributed by atoms with E-state index in [1.165, 1.54) is 25.1 Å². The van der Waals surface area contributed by atoms with Crippen LogP contribution in [0.1, 0.15) is 28.8 Å². The van der Waals surface area contributed by atoms with Crippen LogP contribution in [0.25, 0.3) is 0 Å². The minimum Gasteiger partial charge on any atom is -0.504 e. The molecule has 0 aromatic heterocycles. The molecule has 31 heavy (non-hydrogen) atoms. The molecular weight excluding hydrogens is 397 g/mol. The van der Waals surface area contributed by atoms with E-state index in [0.29, 0.717) is 5.69 Å². The summed E-state index contributed by atoms with van der Waals surface area (Å²) in [6, 6.07) is 10.1. The maximum atomic E-state index is 14.3. The van der Waals surface area contributed by atoms with Gasteiger partial charge in [-0.25, -0.2) is 4.39 Å². The fourth-order valence-electron chi connectivity index (χ4n) is 3.84. The number of benzene rings is 2. The summed E-state index contributed by atoms with van der Waals surface area (Å²) in [6.07, 6.45) is 3.81. The number of halogens is 1. The second-order valence-electron chi connectivity index (χ2n) is 8.09. The maximum absolute atomic E-state index is 14.3. The summed E-state index contributed by atoms with van der Waals surface area (Å²) >= 11 is 0. The van der Waals surface area contributed by atoms with Crippen LogP contribution in [0.2, 0.25) is 0 Å². The van der Waals surface area contributed by atoms with E-state index in [4.69, 9.17) is 0 Å². The highest BCUT2D eigenvalue weighted by molar-refractivity contribution is 6.05. The molecule has 2 heterocycles. The van der Waals surface area contributed by atoms with E-state index in [-0.39, 0.29) is 11.1 Å². The van der Waals surface area contributed by atoms with Gasteiger partial charge in [0.05, 0.1) is 6.21 Å². The van der Waals surface area contributed by atoms with Crippen LogP contribution < -0.4 is 10.2 Å². The van der Waals surface area contributed by atoms with E-state index < -0.39 is 17.5 Å². The van der Waals surface area contributed by atoms with Gasteiger partial charge in [-0.05, 0) is 56.3 Å². The number of phenols is 1. The van der Waals surface area contributed by atoms with Gasteiger partial charge in [0.25, 0.3) is 5.91 Å². The fraction of sp³-hybridized carbons (Fsp3) is 0.391. The van der Waals surface area contributed by atoms with Gasteiger partial charge >= 0.3 is 0 Å². The van der Waals surface area contributed by atoms with E-state index in [1.807, 2.05) is 36.3 Å². The molecule has 4 rings (SSSR count). The van der Waals surface area contributed by atoms with Gasteiger partial charge in [-0.15, -0.1) is 0 Å². The molecule has 2 saturated heterocycles. The molecule has 1 amide bonds. The van der Waals surface area contributed by atoms with Gasteiger partial charge in [0.1, 0.15) is 0 Å². The Morgan fingerprint density at radius 3 is 2.42 bits per heavy atom. The Labute approximate surface area is 181 Å². The lowest BCUT2D eigenvalue weighted by Gasteiger charge is -2.30. The van der Waals surface area contributed by atoms with E-state index in [0.717, 1.165) is 51.0 Å². The minimum absolute atomic E-state index is 0.124. The Morgan fingerprint density at radius 2 is 1.74 bits per heavy atom. The fourth-order valence-corrected chi connectivity index (χ4v) is 3.84. The zero-order valence-corrected chi connectivity index (χ0v) is 17.7. The molecule has 2 fully saturated rings. The van der Waals surface area contributed by atoms with Crippen molar-refractivity contribution < 1.29 is 14.3 Å². The third kappa shape index (κ3) is 5.14. The monoisotopic (exact) mass is 425 g/mol. The topological polar surface area (TPSA) is 71.4 Å². The summed E-state index contributed by atoms with van der Waals surface area (Å²) in [7, 11) is 2.05. The van der Waals surface area contributed by atoms with E-state index in [1.54, 1.807) is 0 Å². The van der Waals surface area contributed by atoms with Crippen LogP contribution in [0.5, 0.6) is 5.75 Å². The van der Waals surface area contributed by atoms with Crippen molar-refractivity contribution in [1.82, 2.24) is 9.91 Å². The molecule has 0 radical (unpaired) electrons. The number of aromatic hydroxyl groups is 1. The molecule has 8 heteroatoms. The molecule has 2 aliphatic rings. The van der Waals surface area contributed by atoms with Crippen LogP contribution in [-0.2, 0) is 0 Å². The van der Waals surface area contributed by atoms with Gasteiger partial charge in [-0.2, -0.15) is 5.10 Å². The van der Waals surface area contributed by atoms with E-state index >= 15 is 0 Å². The summed E-state index contributed by atoms with van der Waals surface area (Å²) in [5, 5.41) is 19.1. The largest absolute Gasteiger partial charge is 0.504 e. The molecule has 0 spiro atoms. The van der Waals surface area contributed by atoms with Crippen LogP contribution in [0.4, 0.5) is 15.8 Å². The summed E-state index contributed by atoms with van der Waals surface area (Å²) < 4.78 is 14.3. The summed E-state index contributed by atoms with van der Waals surface area (Å²) in [6.45, 7) is 5.38. The Balaban J connectivity index is 1.45. The van der Waals surface area contributed by atoms with Gasteiger partial charge in [-0.3, -0.25) is 9.80 Å². The molecule has 2 N–H and O–H groups in total. The summed E-state index contributed by atoms with van der Waals surface area (Å²) in [5.74, 6) is -1.80. The van der Waals surface area contributed by atoms with Crippen molar-refractivity contribution in [2.75, 3.05) is 56.5 Å². The Bertz CT molecular complexity index is 949. The lowest BCUT2D eigenvalue weighted by atomic mass is 10.1. The number of hydrogen-bond donors (Lipinski definition) is 2. The maximum Gasteiger partial charge on any atom is 0.255 e. The molecule has 2 aliphatic heterocycles. The number of anilines is 2. The van der Waals surface area contributed by atoms with Crippen molar-refractivity contribution in [3.8, 4) is 5.75 Å². The lowest BCUT2D eigenvalue weighted by Crippen LogP contribution is -2.41. The van der Waals surface area contributed by atoms with Gasteiger partial charge in [0.2, 0.25) is 0 Å². The highest BCUT2D eigenvalue weighted by atomic mass is 19.1. The molecule has 7 nitrogen and oxygen atoms in total. The quantitative estimate of drug-likeness (QED) is 0.721. The van der Waals surface area contributed by atoms with E-state index in [2.05, 4.69) is 20.2 Å². The Kier molecular flexibility index (Phi) is 6.36. The highest BCUT2D eigenvalue weighted by Gasteiger charge is 2.16. The third-order valence-electron chi connectivity index (χ3n) is 5.79. The van der Waals surface area contributed by atoms with Gasteiger partial charge < -0.3 is 20.2 Å². The first-order valence-corrected chi connectivity index (χ1v) is 10.7. The molecule has 0 unspecified atom stereocenters. The average molecular weight is 426 g/mol. The van der Waals surface area contributed by atoms with Gasteiger partial charge in [0, 0.05) is 61.8 Å². The molecule has 0 bridgehead atoms. The number of likely N-dealkylation sites (N-methyl/N-ethyl adjacent to an activating group) is 1. The first-order chi connectivity index (χ1) is 15.0. The molecule has 0 aliphatic carbocycles. The van der Waals surface area contributed by atoms with Crippen LogP contribution in [-0.4, -0.2) is 73.5 Å².